The van der Waals surface area contributed by atoms with Gasteiger partial charge >= 0.3 is 29.8 Å². The van der Waals surface area contributed by atoms with Crippen molar-refractivity contribution in [2.75, 3.05) is 0 Å². The molecule has 3 aromatic rings. The predicted octanol–water partition coefficient (Wildman–Crippen LogP) is 3.41. The first kappa shape index (κ1) is 36.4. The molecule has 8 N–H and O–H groups in total. The Kier molecular flexibility index (Phi) is 11.8. The first-order chi connectivity index (χ1) is 22.7. The van der Waals surface area contributed by atoms with Gasteiger partial charge in [0.1, 0.15) is 12.0 Å². The van der Waals surface area contributed by atoms with E-state index in [0.717, 1.165) is 12.1 Å². The quantitative estimate of drug-likeness (QED) is 0.114. The number of carboxylic acids is 4. The van der Waals surface area contributed by atoms with Crippen LogP contribution < -0.4 is 11.5 Å². The lowest BCUT2D eigenvalue weighted by Crippen LogP contribution is -2.52. The lowest BCUT2D eigenvalue weighted by Gasteiger charge is -2.40. The Morgan fingerprint density at radius 3 is 1.88 bits per heavy atom. The van der Waals surface area contributed by atoms with Gasteiger partial charge in [-0.3, -0.25) is 24.0 Å². The standard InChI is InChI=1S/C34H34N2O12/c1-2-3-8-20(19-9-4-5-10-21(19)28(35)38)27(32(44)45)34(33(46)47,25-12-7-6-11-23(25)29(36)39)16-26(37)48-17-18-13-14-22(30(40)41)24(15-18)31(42)43/h4-7,9-15,20,27H,2-3,8,16-17H2,1H3,(H2,35,38)(H2,36,39)(H,40,41)(H,42,43)(H,44,45)(H,46,47). The molecule has 0 aliphatic rings. The summed E-state index contributed by atoms with van der Waals surface area (Å²) in [5.41, 5.74) is 6.74. The van der Waals surface area contributed by atoms with E-state index in [2.05, 4.69) is 0 Å². The van der Waals surface area contributed by atoms with E-state index in [4.69, 9.17) is 16.2 Å². The number of primary amides is 2. The number of ether oxygens (including phenoxy) is 1. The van der Waals surface area contributed by atoms with Gasteiger partial charge < -0.3 is 36.6 Å². The molecule has 14 heteroatoms. The van der Waals surface area contributed by atoms with Crippen molar-refractivity contribution in [1.29, 1.82) is 0 Å². The highest BCUT2D eigenvalue weighted by molar-refractivity contribution is 6.02. The van der Waals surface area contributed by atoms with Crippen LogP contribution in [0.2, 0.25) is 0 Å². The van der Waals surface area contributed by atoms with Crippen molar-refractivity contribution in [3.63, 3.8) is 0 Å². The van der Waals surface area contributed by atoms with Crippen molar-refractivity contribution < 1.29 is 58.7 Å². The minimum Gasteiger partial charge on any atom is -0.481 e. The number of rotatable bonds is 17. The third-order valence-electron chi connectivity index (χ3n) is 8.12. The molecule has 0 aromatic heterocycles. The highest BCUT2D eigenvalue weighted by atomic mass is 16.5. The molecular formula is C34H34N2O12. The lowest BCUT2D eigenvalue weighted by atomic mass is 9.60. The van der Waals surface area contributed by atoms with E-state index in [-0.39, 0.29) is 34.2 Å². The molecule has 3 aromatic carbocycles. The number of hydrogen-bond donors (Lipinski definition) is 6. The van der Waals surface area contributed by atoms with Gasteiger partial charge in [-0.2, -0.15) is 0 Å². The van der Waals surface area contributed by atoms with Crippen molar-refractivity contribution in [3.05, 3.63) is 106 Å². The summed E-state index contributed by atoms with van der Waals surface area (Å²) in [7, 11) is 0. The van der Waals surface area contributed by atoms with Gasteiger partial charge in [-0.05, 0) is 53.3 Å². The first-order valence-electron chi connectivity index (χ1n) is 14.7. The predicted molar refractivity (Wildman–Crippen MR) is 167 cm³/mol. The van der Waals surface area contributed by atoms with Gasteiger partial charge in [-0.25, -0.2) is 9.59 Å². The monoisotopic (exact) mass is 662 g/mol. The molecule has 2 amide bonds. The largest absolute Gasteiger partial charge is 0.481 e. The maximum absolute atomic E-state index is 13.6. The Bertz CT molecular complexity index is 1770. The summed E-state index contributed by atoms with van der Waals surface area (Å²) in [4.78, 5) is 88.6. The van der Waals surface area contributed by atoms with Crippen molar-refractivity contribution in [2.45, 2.75) is 50.5 Å². The normalized spacial score (nSPS) is 13.4. The number of hydrogen-bond acceptors (Lipinski definition) is 8. The maximum Gasteiger partial charge on any atom is 0.336 e. The number of unbranched alkanes of at least 4 members (excludes halogenated alkanes) is 1. The summed E-state index contributed by atoms with van der Waals surface area (Å²) >= 11 is 0. The van der Waals surface area contributed by atoms with Crippen LogP contribution in [0, 0.1) is 5.92 Å². The fraction of sp³-hybridized carbons (Fsp3) is 0.265. The Labute approximate surface area is 273 Å². The molecule has 3 rings (SSSR count). The Balaban J connectivity index is 2.26. The number of nitrogens with two attached hydrogens (primary N) is 2. The van der Waals surface area contributed by atoms with Gasteiger partial charge in [0.25, 0.3) is 0 Å². The van der Waals surface area contributed by atoms with Crippen LogP contribution in [0.15, 0.2) is 66.7 Å². The van der Waals surface area contributed by atoms with Crippen molar-refractivity contribution in [2.24, 2.45) is 17.4 Å². The van der Waals surface area contributed by atoms with E-state index in [1.807, 2.05) is 6.92 Å². The number of amides is 2. The second-order valence-corrected chi connectivity index (χ2v) is 11.0. The van der Waals surface area contributed by atoms with Crippen LogP contribution in [-0.4, -0.2) is 62.1 Å². The topological polar surface area (TPSA) is 262 Å². The molecule has 0 spiro atoms. The number of esters is 1. The van der Waals surface area contributed by atoms with E-state index in [9.17, 15) is 54.0 Å². The lowest BCUT2D eigenvalue weighted by molar-refractivity contribution is -0.163. The van der Waals surface area contributed by atoms with Gasteiger partial charge in [0.2, 0.25) is 11.8 Å². The molecule has 0 aliphatic carbocycles. The number of carbonyl (C=O) groups is 7. The summed E-state index contributed by atoms with van der Waals surface area (Å²) in [6.07, 6.45) is -0.198. The second-order valence-electron chi connectivity index (χ2n) is 11.0. The molecule has 48 heavy (non-hydrogen) atoms. The maximum atomic E-state index is 13.6. The molecule has 0 bridgehead atoms. The highest BCUT2D eigenvalue weighted by Gasteiger charge is 2.57. The van der Waals surface area contributed by atoms with Crippen LogP contribution >= 0.6 is 0 Å². The molecule has 252 valence electrons. The summed E-state index contributed by atoms with van der Waals surface area (Å²) in [6, 6.07) is 14.1. The van der Waals surface area contributed by atoms with Crippen LogP contribution in [0.5, 0.6) is 0 Å². The highest BCUT2D eigenvalue weighted by Crippen LogP contribution is 2.48. The molecule has 0 heterocycles. The van der Waals surface area contributed by atoms with Gasteiger partial charge in [0.15, 0.2) is 0 Å². The molecule has 0 saturated carbocycles. The van der Waals surface area contributed by atoms with Crippen LogP contribution in [0.3, 0.4) is 0 Å². The Morgan fingerprint density at radius 1 is 0.750 bits per heavy atom. The second kappa shape index (κ2) is 15.5. The first-order valence-corrected chi connectivity index (χ1v) is 14.7. The molecule has 3 unspecified atom stereocenters. The summed E-state index contributed by atoms with van der Waals surface area (Å²) in [5, 5.41) is 40.5. The van der Waals surface area contributed by atoms with Crippen LogP contribution in [0.1, 0.15) is 96.6 Å². The molecule has 0 fully saturated rings. The molecule has 0 radical (unpaired) electrons. The third kappa shape index (κ3) is 7.66. The smallest absolute Gasteiger partial charge is 0.336 e. The molecular weight excluding hydrogens is 628 g/mol. The fourth-order valence-corrected chi connectivity index (χ4v) is 5.97. The third-order valence-corrected chi connectivity index (χ3v) is 8.12. The zero-order chi connectivity index (χ0) is 35.8. The Morgan fingerprint density at radius 2 is 1.33 bits per heavy atom. The van der Waals surface area contributed by atoms with E-state index in [1.54, 1.807) is 0 Å². The number of aromatic carboxylic acids is 2. The summed E-state index contributed by atoms with van der Waals surface area (Å²) in [5.74, 6) is -13.0. The van der Waals surface area contributed by atoms with Crippen LogP contribution in [-0.2, 0) is 31.1 Å². The average Bonchev–Trinajstić information content (AvgIpc) is 3.04. The Hall–Kier alpha value is -6.05. The van der Waals surface area contributed by atoms with E-state index < -0.39 is 83.1 Å². The minimum atomic E-state index is -2.73. The van der Waals surface area contributed by atoms with Crippen molar-refractivity contribution in [3.8, 4) is 0 Å². The molecule has 3 atom stereocenters. The SMILES string of the molecule is CCCCC(c1ccccc1C(N)=O)C(C(=O)O)C(CC(=O)OCc1ccc(C(=O)O)c(C(=O)O)c1)(C(=O)O)c1ccccc1C(N)=O. The molecule has 0 saturated heterocycles. The molecule has 14 nitrogen and oxygen atoms in total. The van der Waals surface area contributed by atoms with Crippen LogP contribution in [0.4, 0.5) is 0 Å². The minimum absolute atomic E-state index is 0.0362. The van der Waals surface area contributed by atoms with Crippen molar-refractivity contribution in [1.82, 2.24) is 0 Å². The summed E-state index contributed by atoms with van der Waals surface area (Å²) < 4.78 is 5.32. The van der Waals surface area contributed by atoms with Crippen molar-refractivity contribution >= 4 is 41.7 Å². The fourth-order valence-electron chi connectivity index (χ4n) is 5.97. The molecule has 0 aliphatic heterocycles. The van der Waals surface area contributed by atoms with E-state index in [1.165, 1.54) is 54.6 Å². The number of carboxylic acid groups (broad SMARTS) is 4. The van der Waals surface area contributed by atoms with Gasteiger partial charge in [0, 0.05) is 11.1 Å². The number of aliphatic carboxylic acids is 2. The summed E-state index contributed by atoms with van der Waals surface area (Å²) in [6.45, 7) is 1.17. The van der Waals surface area contributed by atoms with Gasteiger partial charge in [0.05, 0.1) is 23.5 Å². The zero-order valence-electron chi connectivity index (χ0n) is 25.8. The average molecular weight is 663 g/mol. The number of carbonyl (C=O) groups excluding carboxylic acids is 3. The van der Waals surface area contributed by atoms with E-state index in [0.29, 0.717) is 12.8 Å². The van der Waals surface area contributed by atoms with Gasteiger partial charge in [-0.1, -0.05) is 62.2 Å². The van der Waals surface area contributed by atoms with E-state index >= 15 is 0 Å². The van der Waals surface area contributed by atoms with Crippen LogP contribution in [0.25, 0.3) is 0 Å². The van der Waals surface area contributed by atoms with Gasteiger partial charge in [-0.15, -0.1) is 0 Å². The zero-order valence-corrected chi connectivity index (χ0v) is 25.8. The number of benzene rings is 3.